The summed E-state index contributed by atoms with van der Waals surface area (Å²) in [7, 11) is 0. The van der Waals surface area contributed by atoms with Gasteiger partial charge in [0.05, 0.1) is 11.5 Å². The molecule has 88 valence electrons. The fourth-order valence-electron chi connectivity index (χ4n) is 1.49. The summed E-state index contributed by atoms with van der Waals surface area (Å²) in [5.41, 5.74) is -1.78. The number of carboxylic acid groups (broad SMARTS) is 1. The van der Waals surface area contributed by atoms with Gasteiger partial charge in [-0.25, -0.2) is 4.98 Å². The Balaban J connectivity index is 0.00000162. The van der Waals surface area contributed by atoms with E-state index < -0.39 is 23.4 Å². The molecule has 18 heavy (non-hydrogen) atoms. The molecule has 0 bridgehead atoms. The minimum atomic E-state index is -4.69. The smallest absolute Gasteiger partial charge is 0.545 e. The molecule has 0 aliphatic heterocycles. The van der Waals surface area contributed by atoms with Gasteiger partial charge in [0, 0.05) is 10.9 Å². The summed E-state index contributed by atoms with van der Waals surface area (Å²) in [4.78, 5) is 14.2. The molecule has 0 amide bonds. The van der Waals surface area contributed by atoms with Gasteiger partial charge in [-0.3, -0.25) is 0 Å². The van der Waals surface area contributed by atoms with Crippen LogP contribution in [0.5, 0.6) is 0 Å². The standard InChI is InChI=1S/C11H6F3NO2.Na/c12-11(13,14)9-5-7(10(16)17)6-3-1-2-4-8(6)15-9;/h1-5H,(H,16,17);/q;+1/p-1. The number of rotatable bonds is 1. The van der Waals surface area contributed by atoms with Crippen molar-refractivity contribution in [3.8, 4) is 0 Å². The maximum atomic E-state index is 12.5. The molecule has 1 heterocycles. The zero-order valence-electron chi connectivity index (χ0n) is 9.28. The molecule has 1 aromatic heterocycles. The second-order valence-corrected chi connectivity index (χ2v) is 3.36. The number of nitrogens with zero attached hydrogens (tertiary/aromatic N) is 1. The van der Waals surface area contributed by atoms with Gasteiger partial charge in [0.2, 0.25) is 0 Å². The number of pyridine rings is 1. The monoisotopic (exact) mass is 263 g/mol. The normalized spacial score (nSPS) is 11.1. The number of halogens is 3. The first-order valence-corrected chi connectivity index (χ1v) is 4.58. The van der Waals surface area contributed by atoms with E-state index in [0.717, 1.165) is 0 Å². The Labute approximate surface area is 122 Å². The van der Waals surface area contributed by atoms with E-state index in [1.807, 2.05) is 0 Å². The maximum Gasteiger partial charge on any atom is 1.00 e. The van der Waals surface area contributed by atoms with E-state index in [2.05, 4.69) is 4.98 Å². The third-order valence-corrected chi connectivity index (χ3v) is 2.23. The molecule has 2 aromatic rings. The van der Waals surface area contributed by atoms with Gasteiger partial charge in [0.15, 0.2) is 0 Å². The molecule has 0 atom stereocenters. The van der Waals surface area contributed by atoms with E-state index in [1.165, 1.54) is 24.3 Å². The SMILES string of the molecule is O=C([O-])c1cc(C(F)(F)F)nc2ccccc12.[Na+]. The molecule has 7 heteroatoms. The van der Waals surface area contributed by atoms with E-state index >= 15 is 0 Å². The molecule has 0 aliphatic rings. The predicted molar refractivity (Wildman–Crippen MR) is 51.1 cm³/mol. The number of aromatic nitrogens is 1. The van der Waals surface area contributed by atoms with Crippen LogP contribution in [0.3, 0.4) is 0 Å². The molecule has 3 nitrogen and oxygen atoms in total. The predicted octanol–water partition coefficient (Wildman–Crippen LogP) is -1.38. The Morgan fingerprint density at radius 3 is 2.39 bits per heavy atom. The molecule has 0 unspecified atom stereocenters. The van der Waals surface area contributed by atoms with Crippen molar-refractivity contribution in [1.82, 2.24) is 4.98 Å². The molecule has 1 aromatic carbocycles. The fourth-order valence-corrected chi connectivity index (χ4v) is 1.49. The van der Waals surface area contributed by atoms with Gasteiger partial charge < -0.3 is 9.90 Å². The molecular formula is C11H5F3NNaO2. The van der Waals surface area contributed by atoms with Crippen LogP contribution in [0.4, 0.5) is 13.2 Å². The maximum absolute atomic E-state index is 12.5. The number of benzene rings is 1. The zero-order chi connectivity index (χ0) is 12.6. The number of carboxylic acids is 1. The van der Waals surface area contributed by atoms with E-state index in [9.17, 15) is 23.1 Å². The first-order valence-electron chi connectivity index (χ1n) is 4.58. The van der Waals surface area contributed by atoms with Crippen molar-refractivity contribution >= 4 is 16.9 Å². The fraction of sp³-hybridized carbons (Fsp3) is 0.0909. The van der Waals surface area contributed by atoms with Crippen LogP contribution in [0.2, 0.25) is 0 Å². The Hall–Kier alpha value is -1.11. The van der Waals surface area contributed by atoms with Crippen LogP contribution in [-0.2, 0) is 6.18 Å². The average Bonchev–Trinajstić information content (AvgIpc) is 2.26. The van der Waals surface area contributed by atoms with Gasteiger partial charge in [-0.1, -0.05) is 18.2 Å². The molecule has 0 radical (unpaired) electrons. The van der Waals surface area contributed by atoms with Crippen molar-refractivity contribution in [2.45, 2.75) is 6.18 Å². The number of carbonyl (C=O) groups excluding carboxylic acids is 1. The van der Waals surface area contributed by atoms with E-state index in [-0.39, 0.29) is 40.5 Å². The summed E-state index contributed by atoms with van der Waals surface area (Å²) >= 11 is 0. The molecule has 0 spiro atoms. The summed E-state index contributed by atoms with van der Waals surface area (Å²) in [5, 5.41) is 10.9. The Morgan fingerprint density at radius 2 is 1.83 bits per heavy atom. The molecular weight excluding hydrogens is 258 g/mol. The van der Waals surface area contributed by atoms with Crippen molar-refractivity contribution in [3.63, 3.8) is 0 Å². The quantitative estimate of drug-likeness (QED) is 0.596. The number of carbonyl (C=O) groups is 1. The number of aromatic carboxylic acids is 1. The van der Waals surface area contributed by atoms with Crippen LogP contribution in [0, 0.1) is 0 Å². The van der Waals surface area contributed by atoms with Crippen LogP contribution in [0.1, 0.15) is 16.1 Å². The van der Waals surface area contributed by atoms with E-state index in [0.29, 0.717) is 6.07 Å². The van der Waals surface area contributed by atoms with Crippen LogP contribution in [0.25, 0.3) is 10.9 Å². The number of fused-ring (bicyclic) bond motifs is 1. The van der Waals surface area contributed by atoms with Crippen molar-refractivity contribution in [1.29, 1.82) is 0 Å². The van der Waals surface area contributed by atoms with Gasteiger partial charge in [-0.2, -0.15) is 13.2 Å². The van der Waals surface area contributed by atoms with E-state index in [4.69, 9.17) is 0 Å². The second kappa shape index (κ2) is 5.26. The van der Waals surface area contributed by atoms with Gasteiger partial charge in [0.1, 0.15) is 5.69 Å². The summed E-state index contributed by atoms with van der Waals surface area (Å²) in [6.45, 7) is 0. The third-order valence-electron chi connectivity index (χ3n) is 2.23. The van der Waals surface area contributed by atoms with Crippen molar-refractivity contribution < 1.29 is 52.6 Å². The molecule has 0 N–H and O–H groups in total. The summed E-state index contributed by atoms with van der Waals surface area (Å²) in [5.74, 6) is -1.66. The number of hydrogen-bond donors (Lipinski definition) is 0. The van der Waals surface area contributed by atoms with E-state index in [1.54, 1.807) is 0 Å². The Bertz CT molecular complexity index is 598. The summed E-state index contributed by atoms with van der Waals surface area (Å²) in [6, 6.07) is 6.18. The second-order valence-electron chi connectivity index (χ2n) is 3.36. The van der Waals surface area contributed by atoms with Gasteiger partial charge in [-0.05, 0) is 12.1 Å². The van der Waals surface area contributed by atoms with Crippen LogP contribution in [0.15, 0.2) is 30.3 Å². The van der Waals surface area contributed by atoms with Gasteiger partial charge in [0.25, 0.3) is 0 Å². The van der Waals surface area contributed by atoms with Crippen molar-refractivity contribution in [2.24, 2.45) is 0 Å². The van der Waals surface area contributed by atoms with Crippen LogP contribution in [-0.4, -0.2) is 11.0 Å². The molecule has 2 rings (SSSR count). The Kier molecular flexibility index (Phi) is 4.37. The largest absolute Gasteiger partial charge is 1.00 e. The first-order chi connectivity index (χ1) is 7.89. The molecule has 0 saturated heterocycles. The average molecular weight is 263 g/mol. The molecule has 0 saturated carbocycles. The topological polar surface area (TPSA) is 53.0 Å². The zero-order valence-corrected chi connectivity index (χ0v) is 11.3. The number of alkyl halides is 3. The third kappa shape index (κ3) is 2.82. The van der Waals surface area contributed by atoms with Crippen LogP contribution < -0.4 is 34.7 Å². The molecule has 0 aliphatic carbocycles. The van der Waals surface area contributed by atoms with Crippen molar-refractivity contribution in [2.75, 3.05) is 0 Å². The van der Waals surface area contributed by atoms with Gasteiger partial charge >= 0.3 is 35.7 Å². The summed E-state index contributed by atoms with van der Waals surface area (Å²) < 4.78 is 37.5. The number of hydrogen-bond acceptors (Lipinski definition) is 3. The summed E-state index contributed by atoms with van der Waals surface area (Å²) in [6.07, 6.45) is -4.69. The molecule has 0 fully saturated rings. The number of para-hydroxylation sites is 1. The van der Waals surface area contributed by atoms with Crippen molar-refractivity contribution in [3.05, 3.63) is 41.6 Å². The van der Waals surface area contributed by atoms with Crippen LogP contribution >= 0.6 is 0 Å². The van der Waals surface area contributed by atoms with Gasteiger partial charge in [-0.15, -0.1) is 0 Å². The minimum Gasteiger partial charge on any atom is -0.545 e. The Morgan fingerprint density at radius 1 is 1.22 bits per heavy atom. The minimum absolute atomic E-state index is 0. The first kappa shape index (κ1) is 14.9.